The summed E-state index contributed by atoms with van der Waals surface area (Å²) in [4.78, 5) is 2.41. The number of hydrogen-bond donors (Lipinski definition) is 1. The fraction of sp³-hybridized carbons (Fsp3) is 0.647. The van der Waals surface area contributed by atoms with E-state index in [-0.39, 0.29) is 12.1 Å². The van der Waals surface area contributed by atoms with E-state index in [9.17, 15) is 5.11 Å². The first-order valence-corrected chi connectivity index (χ1v) is 7.66. The van der Waals surface area contributed by atoms with Crippen LogP contribution in [0.3, 0.4) is 0 Å². The van der Waals surface area contributed by atoms with Gasteiger partial charge in [0.1, 0.15) is 0 Å². The van der Waals surface area contributed by atoms with E-state index in [0.29, 0.717) is 6.04 Å². The van der Waals surface area contributed by atoms with E-state index in [0.717, 1.165) is 31.2 Å². The molecule has 2 atom stereocenters. The fourth-order valence-electron chi connectivity index (χ4n) is 3.48. The number of aryl methyl sites for hydroxylation is 1. The van der Waals surface area contributed by atoms with Gasteiger partial charge in [0.2, 0.25) is 0 Å². The van der Waals surface area contributed by atoms with Crippen molar-refractivity contribution in [2.24, 2.45) is 0 Å². The summed E-state index contributed by atoms with van der Waals surface area (Å²) in [7, 11) is 2.18. The molecule has 0 bridgehead atoms. The monoisotopic (exact) mass is 261 g/mol. The Morgan fingerprint density at radius 3 is 2.63 bits per heavy atom. The summed E-state index contributed by atoms with van der Waals surface area (Å²) in [6.07, 6.45) is 5.31. The molecule has 106 valence electrons. The lowest BCUT2D eigenvalue weighted by Gasteiger charge is -2.36. The molecule has 0 fully saturated rings. The Morgan fingerprint density at radius 2 is 1.95 bits per heavy atom. The third-order valence-corrected chi connectivity index (χ3v) is 4.73. The molecule has 1 N–H and O–H groups in total. The molecule has 1 aromatic rings. The van der Waals surface area contributed by atoms with Crippen molar-refractivity contribution in [1.82, 2.24) is 4.90 Å². The van der Waals surface area contributed by atoms with Crippen LogP contribution in [0.1, 0.15) is 56.8 Å². The first kappa shape index (κ1) is 14.5. The van der Waals surface area contributed by atoms with Crippen molar-refractivity contribution in [1.29, 1.82) is 0 Å². The third-order valence-electron chi connectivity index (χ3n) is 4.73. The van der Waals surface area contributed by atoms with Crippen LogP contribution in [0.15, 0.2) is 24.3 Å². The van der Waals surface area contributed by atoms with E-state index in [2.05, 4.69) is 44.0 Å². The zero-order chi connectivity index (χ0) is 13.8. The lowest BCUT2D eigenvalue weighted by molar-refractivity contribution is 0.0339. The third kappa shape index (κ3) is 3.01. The summed E-state index contributed by atoms with van der Waals surface area (Å²) >= 11 is 0. The highest BCUT2D eigenvalue weighted by Gasteiger charge is 2.31. The summed E-state index contributed by atoms with van der Waals surface area (Å²) in [5.74, 6) is 0. The topological polar surface area (TPSA) is 23.5 Å². The molecule has 0 heterocycles. The van der Waals surface area contributed by atoms with Gasteiger partial charge < -0.3 is 5.11 Å². The first-order valence-electron chi connectivity index (χ1n) is 7.66. The second kappa shape index (κ2) is 6.53. The molecule has 19 heavy (non-hydrogen) atoms. The van der Waals surface area contributed by atoms with Crippen LogP contribution in [0.4, 0.5) is 0 Å². The number of hydrogen-bond acceptors (Lipinski definition) is 2. The lowest BCUT2D eigenvalue weighted by Crippen LogP contribution is -2.42. The van der Waals surface area contributed by atoms with E-state index in [1.165, 1.54) is 12.0 Å². The summed E-state index contributed by atoms with van der Waals surface area (Å²) in [5, 5.41) is 10.8. The van der Waals surface area contributed by atoms with Crippen LogP contribution in [0.25, 0.3) is 0 Å². The SMILES string of the molecule is CCC(CC)N(C)C1CCCc2ccccc2C1O. The highest BCUT2D eigenvalue weighted by molar-refractivity contribution is 5.31. The van der Waals surface area contributed by atoms with E-state index in [1.54, 1.807) is 0 Å². The fourth-order valence-corrected chi connectivity index (χ4v) is 3.48. The molecule has 0 amide bonds. The molecule has 2 rings (SSSR count). The Morgan fingerprint density at radius 1 is 1.26 bits per heavy atom. The van der Waals surface area contributed by atoms with E-state index in [1.807, 2.05) is 6.07 Å². The lowest BCUT2D eigenvalue weighted by atomic mass is 9.96. The van der Waals surface area contributed by atoms with Gasteiger partial charge in [-0.25, -0.2) is 0 Å². The van der Waals surface area contributed by atoms with Crippen molar-refractivity contribution < 1.29 is 5.11 Å². The Hall–Kier alpha value is -0.860. The molecule has 0 spiro atoms. The van der Waals surface area contributed by atoms with Gasteiger partial charge in [0.05, 0.1) is 6.10 Å². The number of nitrogens with zero attached hydrogens (tertiary/aromatic N) is 1. The van der Waals surface area contributed by atoms with Crippen LogP contribution >= 0.6 is 0 Å². The molecule has 2 unspecified atom stereocenters. The Balaban J connectivity index is 2.23. The average Bonchev–Trinajstić information content (AvgIpc) is 2.60. The van der Waals surface area contributed by atoms with Crippen molar-refractivity contribution in [3.8, 4) is 0 Å². The van der Waals surface area contributed by atoms with Gasteiger partial charge in [-0.15, -0.1) is 0 Å². The van der Waals surface area contributed by atoms with Gasteiger partial charge in [0, 0.05) is 12.1 Å². The number of likely N-dealkylation sites (N-methyl/N-ethyl adjacent to an activating group) is 1. The predicted molar refractivity (Wildman–Crippen MR) is 80.3 cm³/mol. The second-order valence-electron chi connectivity index (χ2n) is 5.74. The van der Waals surface area contributed by atoms with Gasteiger partial charge >= 0.3 is 0 Å². The summed E-state index contributed by atoms with van der Waals surface area (Å²) in [5.41, 5.74) is 2.47. The quantitative estimate of drug-likeness (QED) is 0.838. The molecular formula is C17H27NO. The minimum atomic E-state index is -0.343. The Bertz CT molecular complexity index is 400. The van der Waals surface area contributed by atoms with Crippen LogP contribution in [-0.4, -0.2) is 29.1 Å². The zero-order valence-electron chi connectivity index (χ0n) is 12.5. The number of aliphatic hydroxyl groups excluding tert-OH is 1. The van der Waals surface area contributed by atoms with Crippen LogP contribution in [0.2, 0.25) is 0 Å². The van der Waals surface area contributed by atoms with Gasteiger partial charge in [0.15, 0.2) is 0 Å². The van der Waals surface area contributed by atoms with Crippen molar-refractivity contribution >= 4 is 0 Å². The maximum absolute atomic E-state index is 10.8. The molecule has 0 aliphatic heterocycles. The second-order valence-corrected chi connectivity index (χ2v) is 5.74. The molecular weight excluding hydrogens is 234 g/mol. The number of benzene rings is 1. The summed E-state index contributed by atoms with van der Waals surface area (Å²) < 4.78 is 0. The molecule has 0 radical (unpaired) electrons. The summed E-state index contributed by atoms with van der Waals surface area (Å²) in [6.45, 7) is 4.48. The van der Waals surface area contributed by atoms with Crippen molar-refractivity contribution in [3.05, 3.63) is 35.4 Å². The molecule has 2 nitrogen and oxygen atoms in total. The average molecular weight is 261 g/mol. The number of aliphatic hydroxyl groups is 1. The van der Waals surface area contributed by atoms with Crippen molar-refractivity contribution in [3.63, 3.8) is 0 Å². The molecule has 2 heteroatoms. The highest BCUT2D eigenvalue weighted by atomic mass is 16.3. The molecule has 1 aliphatic rings. The largest absolute Gasteiger partial charge is 0.387 e. The van der Waals surface area contributed by atoms with Gasteiger partial charge in [-0.05, 0) is 50.3 Å². The predicted octanol–water partition coefficient (Wildman–Crippen LogP) is 3.55. The minimum Gasteiger partial charge on any atom is -0.387 e. The standard InChI is InChI=1S/C17H27NO/c1-4-14(5-2)18(3)16-12-8-10-13-9-6-7-11-15(13)17(16)19/h6-7,9,11,14,16-17,19H,4-5,8,10,12H2,1-3H3. The maximum atomic E-state index is 10.8. The Kier molecular flexibility index (Phi) is 5.00. The van der Waals surface area contributed by atoms with Gasteiger partial charge in [-0.2, -0.15) is 0 Å². The van der Waals surface area contributed by atoms with Crippen LogP contribution < -0.4 is 0 Å². The van der Waals surface area contributed by atoms with Crippen molar-refractivity contribution in [2.75, 3.05) is 7.05 Å². The van der Waals surface area contributed by atoms with E-state index < -0.39 is 0 Å². The normalized spacial score (nSPS) is 23.5. The molecule has 0 aromatic heterocycles. The molecule has 1 aliphatic carbocycles. The number of fused-ring (bicyclic) bond motifs is 1. The van der Waals surface area contributed by atoms with Crippen LogP contribution in [0, 0.1) is 0 Å². The molecule has 0 saturated carbocycles. The van der Waals surface area contributed by atoms with E-state index in [4.69, 9.17) is 0 Å². The van der Waals surface area contributed by atoms with Crippen LogP contribution in [0.5, 0.6) is 0 Å². The zero-order valence-corrected chi connectivity index (χ0v) is 12.5. The number of rotatable bonds is 4. The smallest absolute Gasteiger partial charge is 0.0947 e. The first-order chi connectivity index (χ1) is 9.19. The van der Waals surface area contributed by atoms with Gasteiger partial charge in [0.25, 0.3) is 0 Å². The van der Waals surface area contributed by atoms with E-state index >= 15 is 0 Å². The molecule has 1 aromatic carbocycles. The van der Waals surface area contributed by atoms with Crippen LogP contribution in [-0.2, 0) is 6.42 Å². The van der Waals surface area contributed by atoms with Gasteiger partial charge in [-0.1, -0.05) is 38.1 Å². The molecule has 0 saturated heterocycles. The Labute approximate surface area is 117 Å². The highest BCUT2D eigenvalue weighted by Crippen LogP contribution is 2.32. The minimum absolute atomic E-state index is 0.258. The maximum Gasteiger partial charge on any atom is 0.0947 e. The van der Waals surface area contributed by atoms with Crippen molar-refractivity contribution in [2.45, 2.75) is 64.1 Å². The summed E-state index contributed by atoms with van der Waals surface area (Å²) in [6, 6.07) is 9.22. The van der Waals surface area contributed by atoms with Gasteiger partial charge in [-0.3, -0.25) is 4.90 Å².